The van der Waals surface area contributed by atoms with E-state index in [9.17, 15) is 9.59 Å². The Balaban J connectivity index is -0.000000143. The second-order valence-corrected chi connectivity index (χ2v) is 1.86. The third-order valence-electron chi connectivity index (χ3n) is 0.716. The Bertz CT molecular complexity index is 127. The molecule has 0 heterocycles. The van der Waals surface area contributed by atoms with Gasteiger partial charge in [0.25, 0.3) is 0 Å². The third kappa shape index (κ3) is 34.3. The van der Waals surface area contributed by atoms with E-state index < -0.39 is 11.9 Å². The Morgan fingerprint density at radius 1 is 0.923 bits per heavy atom. The minimum Gasteiger partial charge on any atom is -0.481 e. The zero-order chi connectivity index (χ0) is 9.98. The van der Waals surface area contributed by atoms with Crippen molar-refractivity contribution in [2.45, 2.75) is 12.8 Å². The van der Waals surface area contributed by atoms with Crippen molar-refractivity contribution in [3.8, 4) is 0 Å². The van der Waals surface area contributed by atoms with Crippen molar-refractivity contribution < 1.29 is 39.3 Å². The molecule has 0 aromatic carbocycles. The first-order valence-corrected chi connectivity index (χ1v) is 3.38. The molecule has 0 saturated carbocycles. The summed E-state index contributed by atoms with van der Waals surface area (Å²) in [5, 5.41) is 15.7. The van der Waals surface area contributed by atoms with Gasteiger partial charge in [0.1, 0.15) is 0 Å². The first-order chi connectivity index (χ1) is 5.54. The summed E-state index contributed by atoms with van der Waals surface area (Å²) >= 11 is 0. The van der Waals surface area contributed by atoms with Crippen LogP contribution in [-0.2, 0) is 29.1 Å². The average Bonchev–Trinajstić information content (AvgIpc) is 1.87. The molecule has 0 spiro atoms. The SMILES string of the molecule is NCCC(=O)O.NCCC(=O)O.[Zn]. The van der Waals surface area contributed by atoms with Crippen LogP contribution < -0.4 is 11.5 Å². The Kier molecular flexibility index (Phi) is 19.8. The van der Waals surface area contributed by atoms with E-state index >= 15 is 0 Å². The summed E-state index contributed by atoms with van der Waals surface area (Å²) in [4.78, 5) is 19.0. The smallest absolute Gasteiger partial charge is 0.304 e. The van der Waals surface area contributed by atoms with E-state index in [1.807, 2.05) is 0 Å². The van der Waals surface area contributed by atoms with Crippen LogP contribution in [0.5, 0.6) is 0 Å². The molecule has 0 rings (SSSR count). The maximum Gasteiger partial charge on any atom is 0.304 e. The monoisotopic (exact) mass is 242 g/mol. The van der Waals surface area contributed by atoms with Crippen LogP contribution in [0.25, 0.3) is 0 Å². The van der Waals surface area contributed by atoms with Gasteiger partial charge in [-0.1, -0.05) is 0 Å². The summed E-state index contributed by atoms with van der Waals surface area (Å²) < 4.78 is 0. The molecular formula is C6H14N2O4Zn. The van der Waals surface area contributed by atoms with E-state index in [2.05, 4.69) is 0 Å². The van der Waals surface area contributed by atoms with E-state index in [1.54, 1.807) is 0 Å². The van der Waals surface area contributed by atoms with Crippen LogP contribution >= 0.6 is 0 Å². The fraction of sp³-hybridized carbons (Fsp3) is 0.667. The van der Waals surface area contributed by atoms with Gasteiger partial charge in [0.2, 0.25) is 0 Å². The minimum atomic E-state index is -0.836. The van der Waals surface area contributed by atoms with Crippen LogP contribution in [0.1, 0.15) is 12.8 Å². The molecule has 0 bridgehead atoms. The van der Waals surface area contributed by atoms with Crippen LogP contribution in [0.15, 0.2) is 0 Å². The maximum atomic E-state index is 9.52. The molecule has 7 heteroatoms. The first-order valence-electron chi connectivity index (χ1n) is 3.38. The average molecular weight is 244 g/mol. The van der Waals surface area contributed by atoms with Crippen molar-refractivity contribution in [1.29, 1.82) is 0 Å². The molecule has 0 aromatic rings. The van der Waals surface area contributed by atoms with Gasteiger partial charge in [-0.15, -0.1) is 0 Å². The van der Waals surface area contributed by atoms with Gasteiger partial charge in [-0.25, -0.2) is 0 Å². The van der Waals surface area contributed by atoms with Crippen LogP contribution in [0.3, 0.4) is 0 Å². The van der Waals surface area contributed by atoms with E-state index in [4.69, 9.17) is 21.7 Å². The molecule has 0 aliphatic carbocycles. The summed E-state index contributed by atoms with van der Waals surface area (Å²) in [6.07, 6.45) is 0.139. The van der Waals surface area contributed by atoms with Crippen molar-refractivity contribution in [3.05, 3.63) is 0 Å². The molecule has 0 aromatic heterocycles. The normalized spacial score (nSPS) is 7.54. The molecule has 0 amide bonds. The number of rotatable bonds is 4. The number of carboxylic acids is 2. The standard InChI is InChI=1S/2C3H7NO2.Zn/c2*4-2-1-3(5)6;/h2*1-2,4H2,(H,5,6);. The number of nitrogens with two attached hydrogens (primary N) is 2. The Morgan fingerprint density at radius 3 is 1.15 bits per heavy atom. The first kappa shape index (κ1) is 18.3. The third-order valence-corrected chi connectivity index (χ3v) is 0.716. The molecule has 74 valence electrons. The van der Waals surface area contributed by atoms with E-state index in [0.717, 1.165) is 0 Å². The summed E-state index contributed by atoms with van der Waals surface area (Å²) in [7, 11) is 0. The van der Waals surface area contributed by atoms with Crippen LogP contribution in [-0.4, -0.2) is 35.2 Å². The Morgan fingerprint density at radius 2 is 1.15 bits per heavy atom. The quantitative estimate of drug-likeness (QED) is 0.461. The van der Waals surface area contributed by atoms with Gasteiger partial charge in [0.15, 0.2) is 0 Å². The van der Waals surface area contributed by atoms with Crippen molar-refractivity contribution in [3.63, 3.8) is 0 Å². The Hall–Kier alpha value is -0.517. The minimum absolute atomic E-state index is 0. The van der Waals surface area contributed by atoms with Gasteiger partial charge < -0.3 is 21.7 Å². The largest absolute Gasteiger partial charge is 0.481 e. The predicted molar refractivity (Wildman–Crippen MR) is 42.6 cm³/mol. The number of carbonyl (C=O) groups is 2. The molecule has 0 fully saturated rings. The molecule has 0 atom stereocenters. The Labute approximate surface area is 89.0 Å². The summed E-state index contributed by atoms with van der Waals surface area (Å²) in [5.74, 6) is -1.67. The molecular weight excluding hydrogens is 229 g/mol. The van der Waals surface area contributed by atoms with E-state index in [-0.39, 0.29) is 45.4 Å². The second-order valence-electron chi connectivity index (χ2n) is 1.86. The van der Waals surface area contributed by atoms with Crippen LogP contribution in [0, 0.1) is 0 Å². The summed E-state index contributed by atoms with van der Waals surface area (Å²) in [6.45, 7) is 0.463. The maximum absolute atomic E-state index is 9.52. The van der Waals surface area contributed by atoms with E-state index in [1.165, 1.54) is 0 Å². The van der Waals surface area contributed by atoms with Crippen LogP contribution in [0.2, 0.25) is 0 Å². The van der Waals surface area contributed by atoms with E-state index in [0.29, 0.717) is 0 Å². The number of aliphatic carboxylic acids is 2. The zero-order valence-electron chi connectivity index (χ0n) is 7.40. The van der Waals surface area contributed by atoms with Gasteiger partial charge in [-0.2, -0.15) is 0 Å². The van der Waals surface area contributed by atoms with Gasteiger partial charge in [-0.3, -0.25) is 9.59 Å². The summed E-state index contributed by atoms with van der Waals surface area (Å²) in [5.41, 5.74) is 9.70. The van der Waals surface area contributed by atoms with Crippen molar-refractivity contribution >= 4 is 11.9 Å². The summed E-state index contributed by atoms with van der Waals surface area (Å²) in [6, 6.07) is 0. The molecule has 0 saturated heterocycles. The van der Waals surface area contributed by atoms with Gasteiger partial charge >= 0.3 is 11.9 Å². The number of carboxylic acid groups (broad SMARTS) is 2. The molecule has 0 radical (unpaired) electrons. The number of hydrogen-bond donors (Lipinski definition) is 4. The molecule has 0 aliphatic heterocycles. The van der Waals surface area contributed by atoms with Gasteiger partial charge in [0.05, 0.1) is 12.8 Å². The molecule has 0 aliphatic rings. The van der Waals surface area contributed by atoms with Crippen molar-refractivity contribution in [1.82, 2.24) is 0 Å². The van der Waals surface area contributed by atoms with Crippen LogP contribution in [0.4, 0.5) is 0 Å². The molecule has 13 heavy (non-hydrogen) atoms. The fourth-order valence-corrected chi connectivity index (χ4v) is 0.247. The zero-order valence-corrected chi connectivity index (χ0v) is 10.4. The molecule has 6 nitrogen and oxygen atoms in total. The fourth-order valence-electron chi connectivity index (χ4n) is 0.247. The number of hydrogen-bond acceptors (Lipinski definition) is 4. The van der Waals surface area contributed by atoms with Gasteiger partial charge in [-0.05, 0) is 0 Å². The predicted octanol–water partition coefficient (Wildman–Crippen LogP) is -1.16. The molecule has 0 unspecified atom stereocenters. The second kappa shape index (κ2) is 14.0. The topological polar surface area (TPSA) is 127 Å². The van der Waals surface area contributed by atoms with Crippen molar-refractivity contribution in [2.75, 3.05) is 13.1 Å². The molecule has 6 N–H and O–H groups in total. The van der Waals surface area contributed by atoms with Crippen molar-refractivity contribution in [2.24, 2.45) is 11.5 Å². The van der Waals surface area contributed by atoms with Gasteiger partial charge in [0, 0.05) is 32.6 Å².